The lowest BCUT2D eigenvalue weighted by atomic mass is 10.3. The van der Waals surface area contributed by atoms with Crippen molar-refractivity contribution < 1.29 is 9.53 Å². The second kappa shape index (κ2) is 6.25. The molecule has 20 heavy (non-hydrogen) atoms. The molecular formula is C13H16N4O2S. The number of anilines is 3. The quantitative estimate of drug-likeness (QED) is 0.787. The Hall–Kier alpha value is -2.28. The number of ether oxygens (including phenoxy) is 1. The number of para-hydroxylation sites is 2. The van der Waals surface area contributed by atoms with Crippen LogP contribution in [0.5, 0.6) is 5.75 Å². The highest BCUT2D eigenvalue weighted by Crippen LogP contribution is 2.28. The summed E-state index contributed by atoms with van der Waals surface area (Å²) in [6.45, 7) is 2.67. The van der Waals surface area contributed by atoms with Crippen LogP contribution in [0, 0.1) is 0 Å². The van der Waals surface area contributed by atoms with Gasteiger partial charge in [0.05, 0.1) is 12.8 Å². The molecule has 0 radical (unpaired) electrons. The predicted molar refractivity (Wildman–Crippen MR) is 81.6 cm³/mol. The number of carbonyl (C=O) groups is 1. The van der Waals surface area contributed by atoms with Gasteiger partial charge in [-0.05, 0) is 19.1 Å². The van der Waals surface area contributed by atoms with Crippen LogP contribution in [0.3, 0.4) is 0 Å². The molecule has 0 spiro atoms. The maximum atomic E-state index is 12.2. The summed E-state index contributed by atoms with van der Waals surface area (Å²) in [5.41, 5.74) is 6.36. The van der Waals surface area contributed by atoms with Gasteiger partial charge in [0.2, 0.25) is 0 Å². The second-order valence-electron chi connectivity index (χ2n) is 3.92. The van der Waals surface area contributed by atoms with Crippen LogP contribution in [0.1, 0.15) is 16.6 Å². The lowest BCUT2D eigenvalue weighted by Gasteiger charge is -2.08. The van der Waals surface area contributed by atoms with Crippen LogP contribution in [0.2, 0.25) is 0 Å². The number of nitrogens with two attached hydrogens (primary N) is 1. The van der Waals surface area contributed by atoms with Crippen LogP contribution in [0.4, 0.5) is 16.6 Å². The van der Waals surface area contributed by atoms with E-state index >= 15 is 0 Å². The average Bonchev–Trinajstić information content (AvgIpc) is 2.81. The van der Waals surface area contributed by atoms with Crippen molar-refractivity contribution in [3.05, 3.63) is 29.1 Å². The van der Waals surface area contributed by atoms with Crippen molar-refractivity contribution in [3.63, 3.8) is 0 Å². The largest absolute Gasteiger partial charge is 0.495 e. The van der Waals surface area contributed by atoms with Gasteiger partial charge < -0.3 is 21.1 Å². The molecule has 0 unspecified atom stereocenters. The zero-order valence-corrected chi connectivity index (χ0v) is 12.1. The number of hydrogen-bond acceptors (Lipinski definition) is 6. The molecule has 1 heterocycles. The van der Waals surface area contributed by atoms with Gasteiger partial charge in [0, 0.05) is 6.54 Å². The number of methoxy groups -OCH3 is 1. The molecule has 1 aromatic heterocycles. The number of rotatable bonds is 5. The molecule has 0 aliphatic rings. The first-order chi connectivity index (χ1) is 9.65. The lowest BCUT2D eigenvalue weighted by molar-refractivity contribution is 0.103. The average molecular weight is 292 g/mol. The molecule has 2 rings (SSSR count). The summed E-state index contributed by atoms with van der Waals surface area (Å²) < 4.78 is 5.19. The zero-order chi connectivity index (χ0) is 14.5. The van der Waals surface area contributed by atoms with Crippen molar-refractivity contribution in [2.45, 2.75) is 6.92 Å². The van der Waals surface area contributed by atoms with E-state index in [2.05, 4.69) is 15.6 Å². The minimum atomic E-state index is -0.298. The topological polar surface area (TPSA) is 89.3 Å². The standard InChI is InChI=1S/C13H16N4O2S/c1-3-15-13-17-11(14)10(20-13)12(18)16-8-6-4-5-7-9(8)19-2/h4-7H,3,14H2,1-2H3,(H,15,17)(H,16,18). The Kier molecular flexibility index (Phi) is 4.41. The van der Waals surface area contributed by atoms with Gasteiger partial charge in [0.15, 0.2) is 5.13 Å². The molecule has 0 saturated carbocycles. The number of nitrogen functional groups attached to an aromatic ring is 1. The molecule has 6 nitrogen and oxygen atoms in total. The van der Waals surface area contributed by atoms with E-state index in [4.69, 9.17) is 10.5 Å². The van der Waals surface area contributed by atoms with E-state index in [0.717, 1.165) is 6.54 Å². The Labute approximate surface area is 121 Å². The Morgan fingerprint density at radius 1 is 1.45 bits per heavy atom. The predicted octanol–water partition coefficient (Wildman–Crippen LogP) is 2.42. The minimum absolute atomic E-state index is 0.221. The number of nitrogens with one attached hydrogen (secondary N) is 2. The fourth-order valence-corrected chi connectivity index (χ4v) is 2.50. The van der Waals surface area contributed by atoms with Gasteiger partial charge in [-0.2, -0.15) is 0 Å². The highest BCUT2D eigenvalue weighted by Gasteiger charge is 2.17. The third-order valence-electron chi connectivity index (χ3n) is 2.54. The highest BCUT2D eigenvalue weighted by atomic mass is 32.1. The number of amides is 1. The Balaban J connectivity index is 2.19. The molecule has 106 valence electrons. The summed E-state index contributed by atoms with van der Waals surface area (Å²) in [7, 11) is 1.55. The molecule has 2 aromatic rings. The van der Waals surface area contributed by atoms with Gasteiger partial charge in [-0.1, -0.05) is 23.5 Å². The van der Waals surface area contributed by atoms with Crippen molar-refractivity contribution in [2.75, 3.05) is 30.0 Å². The van der Waals surface area contributed by atoms with Crippen LogP contribution in [0.25, 0.3) is 0 Å². The van der Waals surface area contributed by atoms with E-state index in [9.17, 15) is 4.79 Å². The number of carbonyl (C=O) groups excluding carboxylic acids is 1. The van der Waals surface area contributed by atoms with Crippen molar-refractivity contribution in [2.24, 2.45) is 0 Å². The molecule has 0 aliphatic heterocycles. The van der Waals surface area contributed by atoms with Crippen molar-refractivity contribution in [1.29, 1.82) is 0 Å². The molecule has 4 N–H and O–H groups in total. The zero-order valence-electron chi connectivity index (χ0n) is 11.3. The Morgan fingerprint density at radius 2 is 2.20 bits per heavy atom. The maximum Gasteiger partial charge on any atom is 0.269 e. The highest BCUT2D eigenvalue weighted by molar-refractivity contribution is 7.18. The summed E-state index contributed by atoms with van der Waals surface area (Å²) in [5.74, 6) is 0.517. The number of nitrogens with zero attached hydrogens (tertiary/aromatic N) is 1. The number of aromatic nitrogens is 1. The Morgan fingerprint density at radius 3 is 2.90 bits per heavy atom. The van der Waals surface area contributed by atoms with Crippen LogP contribution in [-0.2, 0) is 0 Å². The number of thiazole rings is 1. The first-order valence-corrected chi connectivity index (χ1v) is 6.92. The van der Waals surface area contributed by atoms with E-state index in [0.29, 0.717) is 21.4 Å². The Bertz CT molecular complexity index is 612. The number of hydrogen-bond donors (Lipinski definition) is 3. The molecule has 7 heteroatoms. The van der Waals surface area contributed by atoms with Gasteiger partial charge in [0.25, 0.3) is 5.91 Å². The van der Waals surface area contributed by atoms with Gasteiger partial charge in [0.1, 0.15) is 16.4 Å². The van der Waals surface area contributed by atoms with Crippen molar-refractivity contribution in [3.8, 4) is 5.75 Å². The lowest BCUT2D eigenvalue weighted by Crippen LogP contribution is -2.12. The van der Waals surface area contributed by atoms with E-state index in [-0.39, 0.29) is 11.7 Å². The maximum absolute atomic E-state index is 12.2. The molecule has 0 saturated heterocycles. The summed E-state index contributed by atoms with van der Waals surface area (Å²) in [4.78, 5) is 16.7. The van der Waals surface area contributed by atoms with Crippen LogP contribution in [-0.4, -0.2) is 24.5 Å². The molecule has 0 fully saturated rings. The van der Waals surface area contributed by atoms with Crippen LogP contribution in [0.15, 0.2) is 24.3 Å². The monoisotopic (exact) mass is 292 g/mol. The first kappa shape index (κ1) is 14.1. The third-order valence-corrected chi connectivity index (χ3v) is 3.57. The van der Waals surface area contributed by atoms with Gasteiger partial charge in [-0.25, -0.2) is 4.98 Å². The van der Waals surface area contributed by atoms with Crippen LogP contribution < -0.4 is 21.1 Å². The van der Waals surface area contributed by atoms with Crippen molar-refractivity contribution >= 4 is 33.9 Å². The van der Waals surface area contributed by atoms with Gasteiger partial charge in [-0.15, -0.1) is 0 Å². The van der Waals surface area contributed by atoms with Gasteiger partial charge in [-0.3, -0.25) is 4.79 Å². The molecule has 0 aliphatic carbocycles. The second-order valence-corrected chi connectivity index (χ2v) is 4.92. The minimum Gasteiger partial charge on any atom is -0.495 e. The van der Waals surface area contributed by atoms with Crippen molar-refractivity contribution in [1.82, 2.24) is 4.98 Å². The normalized spacial score (nSPS) is 10.1. The smallest absolute Gasteiger partial charge is 0.269 e. The fraction of sp³-hybridized carbons (Fsp3) is 0.231. The first-order valence-electron chi connectivity index (χ1n) is 6.10. The SMILES string of the molecule is CCNc1nc(N)c(C(=O)Nc2ccccc2OC)s1. The molecule has 0 bridgehead atoms. The van der Waals surface area contributed by atoms with E-state index in [1.54, 1.807) is 19.2 Å². The van der Waals surface area contributed by atoms with E-state index in [1.807, 2.05) is 19.1 Å². The fourth-order valence-electron chi connectivity index (χ4n) is 1.65. The molecule has 1 amide bonds. The number of benzene rings is 1. The summed E-state index contributed by atoms with van der Waals surface area (Å²) >= 11 is 1.22. The van der Waals surface area contributed by atoms with E-state index in [1.165, 1.54) is 11.3 Å². The van der Waals surface area contributed by atoms with Gasteiger partial charge >= 0.3 is 0 Å². The summed E-state index contributed by atoms with van der Waals surface area (Å²) in [5, 5.41) is 6.44. The summed E-state index contributed by atoms with van der Waals surface area (Å²) in [6.07, 6.45) is 0. The molecule has 1 aromatic carbocycles. The third kappa shape index (κ3) is 3.00. The molecular weight excluding hydrogens is 276 g/mol. The summed E-state index contributed by atoms with van der Waals surface area (Å²) in [6, 6.07) is 7.19. The van der Waals surface area contributed by atoms with Crippen LogP contribution >= 0.6 is 11.3 Å². The molecule has 0 atom stereocenters. The van der Waals surface area contributed by atoms with E-state index < -0.39 is 0 Å².